The molecule has 1 saturated carbocycles. The second-order valence-corrected chi connectivity index (χ2v) is 5.08. The number of hydrogen-bond acceptors (Lipinski definition) is 2. The van der Waals surface area contributed by atoms with E-state index < -0.39 is 0 Å². The van der Waals surface area contributed by atoms with Gasteiger partial charge in [0.25, 0.3) is 0 Å². The number of hydrazone groups is 1. The highest BCUT2D eigenvalue weighted by Crippen LogP contribution is 2.31. The van der Waals surface area contributed by atoms with E-state index in [1.54, 1.807) is 18.2 Å². The fourth-order valence-corrected chi connectivity index (χ4v) is 1.98. The van der Waals surface area contributed by atoms with E-state index in [9.17, 15) is 4.79 Å². The molecule has 1 amide bonds. The third-order valence-corrected chi connectivity index (χ3v) is 3.51. The molecule has 0 bridgehead atoms. The van der Waals surface area contributed by atoms with Crippen molar-refractivity contribution in [3.05, 3.63) is 46.0 Å². The number of allylic oxidation sites excluding steroid dienone is 1. The van der Waals surface area contributed by atoms with E-state index in [1.165, 1.54) is 6.21 Å². The molecule has 94 valence electrons. The highest BCUT2D eigenvalue weighted by atomic mass is 35.5. The van der Waals surface area contributed by atoms with Crippen molar-refractivity contribution in [2.45, 2.75) is 12.8 Å². The van der Waals surface area contributed by atoms with Gasteiger partial charge < -0.3 is 0 Å². The van der Waals surface area contributed by atoms with Crippen LogP contribution < -0.4 is 5.43 Å². The molecule has 0 spiro atoms. The summed E-state index contributed by atoms with van der Waals surface area (Å²) in [5.41, 5.74) is 4.40. The lowest BCUT2D eigenvalue weighted by Gasteiger charge is -2.25. The maximum Gasteiger partial charge on any atom is 0.243 e. The topological polar surface area (TPSA) is 41.5 Å². The number of nitrogens with one attached hydrogen (secondary N) is 1. The molecule has 2 rings (SSSR count). The Balaban J connectivity index is 1.89. The van der Waals surface area contributed by atoms with E-state index in [2.05, 4.69) is 17.1 Å². The third-order valence-electron chi connectivity index (χ3n) is 2.77. The van der Waals surface area contributed by atoms with Gasteiger partial charge >= 0.3 is 0 Å². The molecule has 1 aromatic carbocycles. The first-order valence-corrected chi connectivity index (χ1v) is 6.26. The van der Waals surface area contributed by atoms with Crippen LogP contribution in [0.3, 0.4) is 0 Å². The van der Waals surface area contributed by atoms with Crippen molar-refractivity contribution in [2.75, 3.05) is 0 Å². The molecule has 0 atom stereocenters. The van der Waals surface area contributed by atoms with Crippen molar-refractivity contribution in [3.63, 3.8) is 0 Å². The molecule has 0 saturated heterocycles. The van der Waals surface area contributed by atoms with E-state index in [-0.39, 0.29) is 11.8 Å². The monoisotopic (exact) mass is 282 g/mol. The summed E-state index contributed by atoms with van der Waals surface area (Å²) >= 11 is 11.7. The SMILES string of the molecule is C=C1CC(C(=O)N/N=C\c2ccc(Cl)c(Cl)c2)C1. The van der Waals surface area contributed by atoms with Crippen molar-refractivity contribution in [1.29, 1.82) is 0 Å². The van der Waals surface area contributed by atoms with Gasteiger partial charge in [0.2, 0.25) is 5.91 Å². The minimum Gasteiger partial charge on any atom is -0.273 e. The predicted molar refractivity (Wildman–Crippen MR) is 74.1 cm³/mol. The summed E-state index contributed by atoms with van der Waals surface area (Å²) in [5, 5.41) is 4.84. The summed E-state index contributed by atoms with van der Waals surface area (Å²) in [5.74, 6) is -0.0535. The molecule has 0 aliphatic heterocycles. The maximum absolute atomic E-state index is 11.6. The van der Waals surface area contributed by atoms with Gasteiger partial charge in [-0.1, -0.05) is 41.4 Å². The number of rotatable bonds is 3. The Morgan fingerprint density at radius 2 is 2.11 bits per heavy atom. The molecule has 0 radical (unpaired) electrons. The van der Waals surface area contributed by atoms with Crippen molar-refractivity contribution in [3.8, 4) is 0 Å². The van der Waals surface area contributed by atoms with Crippen molar-refractivity contribution < 1.29 is 4.79 Å². The van der Waals surface area contributed by atoms with Crippen LogP contribution in [0.2, 0.25) is 10.0 Å². The smallest absolute Gasteiger partial charge is 0.243 e. The number of carbonyl (C=O) groups excluding carboxylic acids is 1. The zero-order chi connectivity index (χ0) is 13.1. The Hall–Kier alpha value is -1.32. The van der Waals surface area contributed by atoms with E-state index in [1.807, 2.05) is 0 Å². The Bertz CT molecular complexity index is 518. The maximum atomic E-state index is 11.6. The summed E-state index contributed by atoms with van der Waals surface area (Å²) in [4.78, 5) is 11.6. The van der Waals surface area contributed by atoms with Crippen LogP contribution in [0, 0.1) is 5.92 Å². The Kier molecular flexibility index (Phi) is 4.04. The van der Waals surface area contributed by atoms with Gasteiger partial charge in [-0.3, -0.25) is 4.79 Å². The van der Waals surface area contributed by atoms with Gasteiger partial charge in [0, 0.05) is 5.92 Å². The second-order valence-electron chi connectivity index (χ2n) is 4.26. The molecular weight excluding hydrogens is 271 g/mol. The quantitative estimate of drug-likeness (QED) is 0.515. The van der Waals surface area contributed by atoms with Gasteiger partial charge in [0.05, 0.1) is 16.3 Å². The van der Waals surface area contributed by atoms with Crippen molar-refractivity contribution >= 4 is 35.3 Å². The molecule has 3 nitrogen and oxygen atoms in total. The van der Waals surface area contributed by atoms with E-state index >= 15 is 0 Å². The Labute approximate surface area is 115 Å². The number of benzene rings is 1. The largest absolute Gasteiger partial charge is 0.273 e. The highest BCUT2D eigenvalue weighted by Gasteiger charge is 2.27. The number of carbonyl (C=O) groups is 1. The van der Waals surface area contributed by atoms with E-state index in [4.69, 9.17) is 23.2 Å². The average molecular weight is 283 g/mol. The van der Waals surface area contributed by atoms with Crippen LogP contribution in [0.4, 0.5) is 0 Å². The molecule has 0 aromatic heterocycles. The summed E-state index contributed by atoms with van der Waals surface area (Å²) < 4.78 is 0. The summed E-state index contributed by atoms with van der Waals surface area (Å²) in [6.45, 7) is 3.79. The molecule has 1 fully saturated rings. The minimum absolute atomic E-state index is 0.0171. The molecule has 1 N–H and O–H groups in total. The van der Waals surface area contributed by atoms with Crippen LogP contribution in [-0.4, -0.2) is 12.1 Å². The van der Waals surface area contributed by atoms with Gasteiger partial charge in [-0.25, -0.2) is 5.43 Å². The highest BCUT2D eigenvalue weighted by molar-refractivity contribution is 6.42. The second kappa shape index (κ2) is 5.55. The van der Waals surface area contributed by atoms with Crippen LogP contribution in [0.15, 0.2) is 35.5 Å². The van der Waals surface area contributed by atoms with Gasteiger partial charge in [0.1, 0.15) is 0 Å². The molecule has 18 heavy (non-hydrogen) atoms. The van der Waals surface area contributed by atoms with Crippen molar-refractivity contribution in [2.24, 2.45) is 11.0 Å². The minimum atomic E-state index is -0.0706. The molecule has 1 aliphatic carbocycles. The van der Waals surface area contributed by atoms with Crippen LogP contribution in [0.5, 0.6) is 0 Å². The third kappa shape index (κ3) is 3.12. The predicted octanol–water partition coefficient (Wildman–Crippen LogP) is 3.41. The lowest BCUT2D eigenvalue weighted by atomic mass is 9.81. The number of amides is 1. The molecule has 1 aromatic rings. The molecule has 0 unspecified atom stereocenters. The molecule has 5 heteroatoms. The Morgan fingerprint density at radius 3 is 2.72 bits per heavy atom. The summed E-state index contributed by atoms with van der Waals surface area (Å²) in [6, 6.07) is 5.14. The van der Waals surface area contributed by atoms with E-state index in [0.29, 0.717) is 10.0 Å². The van der Waals surface area contributed by atoms with E-state index in [0.717, 1.165) is 24.0 Å². The lowest BCUT2D eigenvalue weighted by molar-refractivity contribution is -0.126. The van der Waals surface area contributed by atoms with Crippen LogP contribution >= 0.6 is 23.2 Å². The standard InChI is InChI=1S/C13H12Cl2N2O/c1-8-4-10(5-8)13(18)17-16-7-9-2-3-11(14)12(15)6-9/h2-3,6-7,10H,1,4-5H2,(H,17,18)/b16-7-. The first-order chi connectivity index (χ1) is 8.56. The molecule has 1 aliphatic rings. The first kappa shape index (κ1) is 13.1. The number of nitrogens with zero attached hydrogens (tertiary/aromatic N) is 1. The Morgan fingerprint density at radius 1 is 1.39 bits per heavy atom. The van der Waals surface area contributed by atoms with Gasteiger partial charge in [-0.05, 0) is 30.5 Å². The van der Waals surface area contributed by atoms with Gasteiger partial charge in [-0.2, -0.15) is 5.10 Å². The number of halogens is 2. The van der Waals surface area contributed by atoms with Gasteiger partial charge in [-0.15, -0.1) is 0 Å². The molecular formula is C13H12Cl2N2O. The normalized spacial score (nSPS) is 15.8. The average Bonchev–Trinajstić information content (AvgIpc) is 2.29. The fraction of sp³-hybridized carbons (Fsp3) is 0.231. The van der Waals surface area contributed by atoms with Crippen LogP contribution in [-0.2, 0) is 4.79 Å². The first-order valence-electron chi connectivity index (χ1n) is 5.51. The fourth-order valence-electron chi connectivity index (χ4n) is 1.68. The van der Waals surface area contributed by atoms with Crippen LogP contribution in [0.1, 0.15) is 18.4 Å². The summed E-state index contributed by atoms with van der Waals surface area (Å²) in [7, 11) is 0. The lowest BCUT2D eigenvalue weighted by Crippen LogP contribution is -2.32. The van der Waals surface area contributed by atoms with Crippen molar-refractivity contribution in [1.82, 2.24) is 5.43 Å². The van der Waals surface area contributed by atoms with Crippen LogP contribution in [0.25, 0.3) is 0 Å². The van der Waals surface area contributed by atoms with Gasteiger partial charge in [0.15, 0.2) is 0 Å². The zero-order valence-corrected chi connectivity index (χ0v) is 11.1. The number of hydrogen-bond donors (Lipinski definition) is 1. The summed E-state index contributed by atoms with van der Waals surface area (Å²) in [6.07, 6.45) is 3.05. The molecule has 0 heterocycles. The zero-order valence-electron chi connectivity index (χ0n) is 9.62.